The molecule has 0 saturated heterocycles. The smallest absolute Gasteiger partial charge is 0.258 e. The highest BCUT2D eigenvalue weighted by Crippen LogP contribution is 2.60. The summed E-state index contributed by atoms with van der Waals surface area (Å²) in [5, 5.41) is 10.8. The van der Waals surface area contributed by atoms with E-state index in [4.69, 9.17) is 0 Å². The summed E-state index contributed by atoms with van der Waals surface area (Å²) in [6, 6.07) is 4.62. The maximum absolute atomic E-state index is 15.2. The number of nitro benzene ring substituents is 1. The summed E-state index contributed by atoms with van der Waals surface area (Å²) >= 11 is 2.81. The molecule has 170 valence electrons. The topological polar surface area (TPSA) is 43.1 Å². The molecule has 0 aromatic heterocycles. The highest BCUT2D eigenvalue weighted by atomic mass is 79.9. The lowest BCUT2D eigenvalue weighted by Gasteiger charge is -2.37. The van der Waals surface area contributed by atoms with E-state index in [0.717, 1.165) is 30.3 Å². The van der Waals surface area contributed by atoms with Crippen LogP contribution in [0.25, 0.3) is 11.1 Å². The molecule has 0 heterocycles. The van der Waals surface area contributed by atoms with Crippen LogP contribution < -0.4 is 0 Å². The number of halogens is 10. The summed E-state index contributed by atoms with van der Waals surface area (Å²) in [5.74, 6) is -6.85. The Kier molecular flexibility index (Phi) is 6.43. The highest BCUT2D eigenvalue weighted by molar-refractivity contribution is 9.10. The monoisotopic (exact) mass is 523 g/mol. The molecule has 2 aromatic carbocycles. The Balaban J connectivity index is 2.99. The number of non-ortho nitro benzene ring substituents is 1. The van der Waals surface area contributed by atoms with Crippen molar-refractivity contribution < 1.29 is 44.4 Å². The first-order valence-corrected chi connectivity index (χ1v) is 9.06. The Morgan fingerprint density at radius 3 is 1.81 bits per heavy atom. The maximum atomic E-state index is 15.2. The normalized spacial score (nSPS) is 14.9. The largest absolute Gasteiger partial charge is 0.457 e. The Bertz CT molecular complexity index is 987. The number of nitrogens with zero attached hydrogens (tertiary/aromatic N) is 1. The molecule has 0 N–H and O–H groups in total. The van der Waals surface area contributed by atoms with Crippen molar-refractivity contribution in [1.29, 1.82) is 0 Å². The standard InChI is InChI=1S/C18H11BrF9NO2/c1-2-9-7-12(15(20,17(23,24)25)16(21,22)18(26,27)28)14(13(19)8-9)10-3-5-11(6-4-10)29(30)31/h3-8H,2H2,1H3. The van der Waals surface area contributed by atoms with Crippen LogP contribution in [-0.4, -0.2) is 23.2 Å². The van der Waals surface area contributed by atoms with E-state index in [1.54, 1.807) is 0 Å². The van der Waals surface area contributed by atoms with Gasteiger partial charge < -0.3 is 0 Å². The number of hydrogen-bond acceptors (Lipinski definition) is 2. The molecule has 0 aliphatic heterocycles. The van der Waals surface area contributed by atoms with Gasteiger partial charge in [0.05, 0.1) is 4.92 Å². The van der Waals surface area contributed by atoms with Crippen molar-refractivity contribution >= 4 is 21.6 Å². The van der Waals surface area contributed by atoms with E-state index in [-0.39, 0.29) is 18.1 Å². The lowest BCUT2D eigenvalue weighted by Crippen LogP contribution is -2.60. The second-order valence-electron chi connectivity index (χ2n) is 6.39. The molecule has 2 rings (SSSR count). The third-order valence-corrected chi connectivity index (χ3v) is 5.10. The molecule has 0 amide bonds. The second-order valence-corrected chi connectivity index (χ2v) is 7.24. The van der Waals surface area contributed by atoms with Crippen LogP contribution in [0.15, 0.2) is 40.9 Å². The van der Waals surface area contributed by atoms with Crippen LogP contribution in [0.1, 0.15) is 18.1 Å². The molecule has 0 bridgehead atoms. The molecule has 0 fully saturated rings. The SMILES string of the molecule is CCc1cc(Br)c(-c2ccc([N+](=O)[O-])cc2)c(C(F)(C(F)(F)F)C(F)(F)C(F)(F)F)c1. The molecule has 0 spiro atoms. The third-order valence-electron chi connectivity index (χ3n) is 4.48. The van der Waals surface area contributed by atoms with Crippen LogP contribution in [0.3, 0.4) is 0 Å². The molecule has 0 aliphatic carbocycles. The first-order chi connectivity index (χ1) is 14.0. The minimum Gasteiger partial charge on any atom is -0.258 e. The van der Waals surface area contributed by atoms with E-state index in [0.29, 0.717) is 0 Å². The van der Waals surface area contributed by atoms with Gasteiger partial charge in [-0.1, -0.05) is 28.9 Å². The maximum Gasteiger partial charge on any atom is 0.457 e. The molecule has 3 nitrogen and oxygen atoms in total. The Morgan fingerprint density at radius 2 is 1.42 bits per heavy atom. The zero-order chi connectivity index (χ0) is 24.0. The summed E-state index contributed by atoms with van der Waals surface area (Å²) in [6.45, 7) is 1.37. The van der Waals surface area contributed by atoms with E-state index < -0.39 is 55.7 Å². The van der Waals surface area contributed by atoms with Gasteiger partial charge in [0.25, 0.3) is 5.69 Å². The zero-order valence-corrected chi connectivity index (χ0v) is 16.8. The van der Waals surface area contributed by atoms with Gasteiger partial charge in [-0.2, -0.15) is 35.1 Å². The fourth-order valence-corrected chi connectivity index (χ4v) is 3.61. The molecule has 1 atom stereocenters. The number of rotatable bonds is 5. The van der Waals surface area contributed by atoms with Crippen molar-refractivity contribution in [3.8, 4) is 11.1 Å². The molecule has 31 heavy (non-hydrogen) atoms. The molecular formula is C18H11BrF9NO2. The van der Waals surface area contributed by atoms with E-state index in [2.05, 4.69) is 15.9 Å². The molecule has 0 radical (unpaired) electrons. The van der Waals surface area contributed by atoms with Crippen LogP contribution >= 0.6 is 15.9 Å². The van der Waals surface area contributed by atoms with Crippen LogP contribution in [0.4, 0.5) is 45.2 Å². The molecule has 2 aromatic rings. The minimum atomic E-state index is -6.88. The summed E-state index contributed by atoms with van der Waals surface area (Å²) in [5.41, 5.74) is -10.2. The van der Waals surface area contributed by atoms with Gasteiger partial charge in [0, 0.05) is 27.7 Å². The van der Waals surface area contributed by atoms with Crippen molar-refractivity contribution in [2.24, 2.45) is 0 Å². The van der Waals surface area contributed by atoms with Gasteiger partial charge in [-0.25, -0.2) is 4.39 Å². The van der Waals surface area contributed by atoms with E-state index >= 15 is 4.39 Å². The Labute approximate surface area is 177 Å². The van der Waals surface area contributed by atoms with Gasteiger partial charge in [-0.3, -0.25) is 10.1 Å². The predicted octanol–water partition coefficient (Wildman–Crippen LogP) is 7.51. The van der Waals surface area contributed by atoms with Gasteiger partial charge in [-0.15, -0.1) is 0 Å². The van der Waals surface area contributed by atoms with Crippen LogP contribution in [-0.2, 0) is 12.1 Å². The van der Waals surface area contributed by atoms with Crippen LogP contribution in [0.5, 0.6) is 0 Å². The van der Waals surface area contributed by atoms with Gasteiger partial charge in [0.1, 0.15) is 0 Å². The quantitative estimate of drug-likeness (QED) is 0.231. The van der Waals surface area contributed by atoms with Crippen molar-refractivity contribution in [3.05, 3.63) is 62.1 Å². The number of aryl methyl sites for hydroxylation is 1. The number of hydrogen-bond donors (Lipinski definition) is 0. The molecule has 0 aliphatic rings. The Hall–Kier alpha value is -2.31. The first-order valence-electron chi connectivity index (χ1n) is 8.27. The summed E-state index contributed by atoms with van der Waals surface area (Å²) in [4.78, 5) is 9.89. The summed E-state index contributed by atoms with van der Waals surface area (Å²) in [7, 11) is 0. The lowest BCUT2D eigenvalue weighted by atomic mass is 9.81. The Morgan fingerprint density at radius 1 is 0.903 bits per heavy atom. The third kappa shape index (κ3) is 4.11. The highest BCUT2D eigenvalue weighted by Gasteiger charge is 2.82. The van der Waals surface area contributed by atoms with Gasteiger partial charge >= 0.3 is 23.9 Å². The molecule has 0 saturated carbocycles. The van der Waals surface area contributed by atoms with Gasteiger partial charge in [-0.05, 0) is 35.7 Å². The lowest BCUT2D eigenvalue weighted by molar-refractivity contribution is -0.389. The molecule has 1 unspecified atom stereocenters. The average molecular weight is 524 g/mol. The predicted molar refractivity (Wildman–Crippen MR) is 95.5 cm³/mol. The number of benzene rings is 2. The minimum absolute atomic E-state index is 0.113. The van der Waals surface area contributed by atoms with Crippen LogP contribution in [0.2, 0.25) is 0 Å². The fraction of sp³-hybridized carbons (Fsp3) is 0.333. The molecular weight excluding hydrogens is 513 g/mol. The molecule has 13 heteroatoms. The van der Waals surface area contributed by atoms with Gasteiger partial charge in [0.15, 0.2) is 0 Å². The zero-order valence-electron chi connectivity index (χ0n) is 15.2. The number of nitro groups is 1. The first kappa shape index (κ1) is 25.0. The fourth-order valence-electron chi connectivity index (χ4n) is 2.88. The van der Waals surface area contributed by atoms with E-state index in [1.807, 2.05) is 0 Å². The van der Waals surface area contributed by atoms with Crippen molar-refractivity contribution in [1.82, 2.24) is 0 Å². The summed E-state index contributed by atoms with van der Waals surface area (Å²) in [6.07, 6.45) is -13.7. The number of alkyl halides is 9. The van der Waals surface area contributed by atoms with Crippen molar-refractivity contribution in [2.75, 3.05) is 0 Å². The van der Waals surface area contributed by atoms with E-state index in [1.165, 1.54) is 6.92 Å². The summed E-state index contributed by atoms with van der Waals surface area (Å²) < 4.78 is 123. The van der Waals surface area contributed by atoms with Crippen LogP contribution in [0, 0.1) is 10.1 Å². The average Bonchev–Trinajstić information content (AvgIpc) is 2.64. The van der Waals surface area contributed by atoms with E-state index in [9.17, 15) is 45.2 Å². The second kappa shape index (κ2) is 7.99. The van der Waals surface area contributed by atoms with Crippen molar-refractivity contribution in [3.63, 3.8) is 0 Å². The van der Waals surface area contributed by atoms with Crippen molar-refractivity contribution in [2.45, 2.75) is 37.3 Å². The van der Waals surface area contributed by atoms with Gasteiger partial charge in [0.2, 0.25) is 0 Å².